The van der Waals surface area contributed by atoms with Crippen LogP contribution in [0.4, 0.5) is 6.01 Å². The molecule has 2 aromatic heterocycles. The molecule has 0 saturated heterocycles. The first kappa shape index (κ1) is 15.0. The van der Waals surface area contributed by atoms with E-state index >= 15 is 0 Å². The van der Waals surface area contributed by atoms with Gasteiger partial charge < -0.3 is 19.4 Å². The fourth-order valence-electron chi connectivity index (χ4n) is 1.81. The van der Waals surface area contributed by atoms with Crippen LogP contribution in [-0.2, 0) is 12.0 Å². The summed E-state index contributed by atoms with van der Waals surface area (Å²) in [7, 11) is 0. The molecule has 2 N–H and O–H groups in total. The van der Waals surface area contributed by atoms with Gasteiger partial charge in [0.1, 0.15) is 5.75 Å². The van der Waals surface area contributed by atoms with E-state index in [1.165, 1.54) is 0 Å². The van der Waals surface area contributed by atoms with Gasteiger partial charge in [0.05, 0.1) is 0 Å². The highest BCUT2D eigenvalue weighted by Crippen LogP contribution is 2.23. The zero-order valence-corrected chi connectivity index (χ0v) is 13.1. The molecule has 8 heteroatoms. The fourth-order valence-corrected chi connectivity index (χ4v) is 1.81. The van der Waals surface area contributed by atoms with Crippen molar-refractivity contribution in [3.8, 4) is 17.2 Å². The molecule has 0 radical (unpaired) electrons. The highest BCUT2D eigenvalue weighted by atomic mass is 16.5. The van der Waals surface area contributed by atoms with Gasteiger partial charge in [0.2, 0.25) is 17.6 Å². The Balaban J connectivity index is 1.64. The minimum Gasteiger partial charge on any atom is -0.485 e. The maximum Gasteiger partial charge on any atom is 0.313 e. The van der Waals surface area contributed by atoms with Crippen molar-refractivity contribution in [3.05, 3.63) is 36.0 Å². The lowest BCUT2D eigenvalue weighted by Crippen LogP contribution is -2.11. The molecule has 23 heavy (non-hydrogen) atoms. The molecule has 0 unspecified atom stereocenters. The Bertz CT molecular complexity index is 786. The third-order valence-corrected chi connectivity index (χ3v) is 3.02. The van der Waals surface area contributed by atoms with Gasteiger partial charge in [0.25, 0.3) is 0 Å². The Hall–Kier alpha value is -2.90. The van der Waals surface area contributed by atoms with Crippen molar-refractivity contribution in [2.45, 2.75) is 32.8 Å². The van der Waals surface area contributed by atoms with Crippen molar-refractivity contribution in [3.63, 3.8) is 0 Å². The summed E-state index contributed by atoms with van der Waals surface area (Å²) in [5, 5.41) is 11.3. The Morgan fingerprint density at radius 2 is 1.87 bits per heavy atom. The first-order chi connectivity index (χ1) is 10.9. The predicted molar refractivity (Wildman–Crippen MR) is 81.5 cm³/mol. The molecular formula is C15H17N5O3. The smallest absolute Gasteiger partial charge is 0.313 e. The van der Waals surface area contributed by atoms with Crippen LogP contribution in [0.2, 0.25) is 0 Å². The molecule has 0 amide bonds. The van der Waals surface area contributed by atoms with E-state index in [4.69, 9.17) is 19.4 Å². The quantitative estimate of drug-likeness (QED) is 0.781. The maximum absolute atomic E-state index is 5.64. The minimum absolute atomic E-state index is 0.0343. The highest BCUT2D eigenvalue weighted by molar-refractivity contribution is 5.54. The molecule has 3 rings (SSSR count). The van der Waals surface area contributed by atoms with Crippen LogP contribution in [0, 0.1) is 0 Å². The van der Waals surface area contributed by atoms with Crippen LogP contribution in [0.25, 0.3) is 11.5 Å². The van der Waals surface area contributed by atoms with Gasteiger partial charge in [0.15, 0.2) is 6.61 Å². The Kier molecular flexibility index (Phi) is 3.73. The lowest BCUT2D eigenvalue weighted by atomic mass is 9.97. The van der Waals surface area contributed by atoms with Gasteiger partial charge in [-0.3, -0.25) is 0 Å². The average molecular weight is 315 g/mol. The molecule has 0 atom stereocenters. The van der Waals surface area contributed by atoms with E-state index in [2.05, 4.69) is 20.3 Å². The van der Waals surface area contributed by atoms with Gasteiger partial charge in [-0.25, -0.2) is 0 Å². The monoisotopic (exact) mass is 315 g/mol. The van der Waals surface area contributed by atoms with Crippen LogP contribution in [-0.4, -0.2) is 20.3 Å². The number of ether oxygens (including phenoxy) is 1. The zero-order chi connectivity index (χ0) is 16.4. The molecule has 0 bridgehead atoms. The standard InChI is InChI=1S/C15H17N5O3/c1-15(2,3)13-17-11(20-23-13)8-21-10-6-4-9(5-7-10)12-18-19-14(16)22-12/h4-7H,8H2,1-3H3,(H2,16,19). The first-order valence-electron chi connectivity index (χ1n) is 7.07. The second-order valence-electron chi connectivity index (χ2n) is 6.02. The summed E-state index contributed by atoms with van der Waals surface area (Å²) in [5.74, 6) is 2.12. The number of nitrogens with zero attached hydrogens (tertiary/aromatic N) is 4. The summed E-state index contributed by atoms with van der Waals surface area (Å²) in [6.07, 6.45) is 0. The van der Waals surface area contributed by atoms with E-state index in [0.29, 0.717) is 23.4 Å². The van der Waals surface area contributed by atoms with Crippen molar-refractivity contribution in [2.24, 2.45) is 0 Å². The minimum atomic E-state index is -0.182. The summed E-state index contributed by atoms with van der Waals surface area (Å²) in [5.41, 5.74) is 5.98. The van der Waals surface area contributed by atoms with Crippen molar-refractivity contribution in [1.82, 2.24) is 20.3 Å². The van der Waals surface area contributed by atoms with Crippen molar-refractivity contribution < 1.29 is 13.7 Å². The number of hydrogen-bond donors (Lipinski definition) is 1. The van der Waals surface area contributed by atoms with Gasteiger partial charge >= 0.3 is 6.01 Å². The number of aromatic nitrogens is 4. The van der Waals surface area contributed by atoms with Crippen LogP contribution in [0.1, 0.15) is 32.5 Å². The lowest BCUT2D eigenvalue weighted by Gasteiger charge is -2.10. The summed E-state index contributed by atoms with van der Waals surface area (Å²) in [6.45, 7) is 6.25. The highest BCUT2D eigenvalue weighted by Gasteiger charge is 2.21. The Morgan fingerprint density at radius 3 is 2.43 bits per heavy atom. The number of nitrogens with two attached hydrogens (primary N) is 1. The number of anilines is 1. The molecule has 0 aliphatic carbocycles. The van der Waals surface area contributed by atoms with E-state index in [1.807, 2.05) is 20.8 Å². The third kappa shape index (κ3) is 3.47. The zero-order valence-electron chi connectivity index (χ0n) is 13.1. The van der Waals surface area contributed by atoms with Crippen LogP contribution in [0.15, 0.2) is 33.2 Å². The van der Waals surface area contributed by atoms with Crippen LogP contribution >= 0.6 is 0 Å². The van der Waals surface area contributed by atoms with Gasteiger partial charge in [-0.05, 0) is 24.3 Å². The van der Waals surface area contributed by atoms with Crippen LogP contribution < -0.4 is 10.5 Å². The summed E-state index contributed by atoms with van der Waals surface area (Å²) in [6, 6.07) is 7.23. The average Bonchev–Trinajstić information content (AvgIpc) is 3.14. The predicted octanol–water partition coefficient (Wildman–Crippen LogP) is 2.58. The lowest BCUT2D eigenvalue weighted by molar-refractivity contribution is 0.280. The van der Waals surface area contributed by atoms with Gasteiger partial charge in [-0.2, -0.15) is 4.98 Å². The van der Waals surface area contributed by atoms with Crippen molar-refractivity contribution in [2.75, 3.05) is 5.73 Å². The van der Waals surface area contributed by atoms with E-state index in [0.717, 1.165) is 5.56 Å². The number of rotatable bonds is 4. The van der Waals surface area contributed by atoms with Crippen molar-refractivity contribution in [1.29, 1.82) is 0 Å². The van der Waals surface area contributed by atoms with Gasteiger partial charge in [-0.1, -0.05) is 31.0 Å². The molecule has 0 aliphatic rings. The molecule has 2 heterocycles. The number of nitrogen functional groups attached to an aromatic ring is 1. The normalized spacial score (nSPS) is 11.6. The van der Waals surface area contributed by atoms with Gasteiger partial charge in [-0.15, -0.1) is 5.10 Å². The van der Waals surface area contributed by atoms with E-state index < -0.39 is 0 Å². The number of benzene rings is 1. The Morgan fingerprint density at radius 1 is 1.13 bits per heavy atom. The molecule has 8 nitrogen and oxygen atoms in total. The molecular weight excluding hydrogens is 298 g/mol. The van der Waals surface area contributed by atoms with E-state index in [1.54, 1.807) is 24.3 Å². The topological polar surface area (TPSA) is 113 Å². The van der Waals surface area contributed by atoms with E-state index in [9.17, 15) is 0 Å². The van der Waals surface area contributed by atoms with Gasteiger partial charge in [0, 0.05) is 11.0 Å². The summed E-state index contributed by atoms with van der Waals surface area (Å²) >= 11 is 0. The van der Waals surface area contributed by atoms with Crippen LogP contribution in [0.3, 0.4) is 0 Å². The van der Waals surface area contributed by atoms with E-state index in [-0.39, 0.29) is 18.0 Å². The molecule has 0 fully saturated rings. The summed E-state index contributed by atoms with van der Waals surface area (Å²) in [4.78, 5) is 4.31. The molecule has 1 aromatic carbocycles. The molecule has 0 spiro atoms. The second-order valence-corrected chi connectivity index (χ2v) is 6.02. The maximum atomic E-state index is 5.64. The first-order valence-corrected chi connectivity index (χ1v) is 7.07. The van der Waals surface area contributed by atoms with Crippen LogP contribution in [0.5, 0.6) is 5.75 Å². The summed E-state index contributed by atoms with van der Waals surface area (Å²) < 4.78 is 16.0. The SMILES string of the molecule is CC(C)(C)c1nc(COc2ccc(-c3nnc(N)o3)cc2)no1. The Labute approximate surface area is 132 Å². The molecule has 0 aliphatic heterocycles. The fraction of sp³-hybridized carbons (Fsp3) is 0.333. The largest absolute Gasteiger partial charge is 0.485 e. The molecule has 3 aromatic rings. The number of hydrogen-bond acceptors (Lipinski definition) is 8. The second kappa shape index (κ2) is 5.71. The molecule has 120 valence electrons. The third-order valence-electron chi connectivity index (χ3n) is 3.02. The molecule has 0 saturated carbocycles. The van der Waals surface area contributed by atoms with Crippen molar-refractivity contribution >= 4 is 6.01 Å².